The molecule has 0 spiro atoms. The van der Waals surface area contributed by atoms with Crippen LogP contribution < -0.4 is 10.6 Å². The van der Waals surface area contributed by atoms with E-state index in [2.05, 4.69) is 75.7 Å². The maximum absolute atomic E-state index is 12.8. The van der Waals surface area contributed by atoms with Crippen LogP contribution in [0.2, 0.25) is 0 Å². The average molecular weight is 496 g/mol. The molecule has 3 atom stereocenters. The molecule has 1 saturated carbocycles. The average Bonchev–Trinajstić information content (AvgIpc) is 3.75. The van der Waals surface area contributed by atoms with Gasteiger partial charge in [0.1, 0.15) is 0 Å². The number of hydrogen-bond donors (Lipinski definition) is 0. The van der Waals surface area contributed by atoms with E-state index in [1.54, 1.807) is 19.2 Å². The fourth-order valence-corrected chi connectivity index (χ4v) is 5.74. The summed E-state index contributed by atoms with van der Waals surface area (Å²) in [6, 6.07) is 15.2. The Kier molecular flexibility index (Phi) is 6.47. The van der Waals surface area contributed by atoms with Crippen LogP contribution in [0, 0.1) is 17.9 Å². The topological polar surface area (TPSA) is 82.4 Å². The second-order valence-corrected chi connectivity index (χ2v) is 10.4. The molecule has 1 unspecified atom stereocenters. The third-order valence-electron chi connectivity index (χ3n) is 8.40. The summed E-state index contributed by atoms with van der Waals surface area (Å²) >= 11 is 0. The molecule has 190 valence electrons. The number of piperazine rings is 1. The van der Waals surface area contributed by atoms with Gasteiger partial charge in [-0.3, -0.25) is 9.47 Å². The van der Waals surface area contributed by atoms with Gasteiger partial charge in [0, 0.05) is 38.3 Å². The first-order chi connectivity index (χ1) is 17.9. The Hall–Kier alpha value is -3.75. The lowest BCUT2D eigenvalue weighted by Crippen LogP contribution is -2.59. The zero-order valence-electron chi connectivity index (χ0n) is 22.0. The zero-order chi connectivity index (χ0) is 26.3. The highest BCUT2D eigenvalue weighted by atomic mass is 16.1. The largest absolute Gasteiger partial charge is 0.361 e. The normalized spacial score (nSPS) is 21.8. The summed E-state index contributed by atoms with van der Waals surface area (Å²) in [4.78, 5) is 30.1. The maximum Gasteiger partial charge on any atom is 0.350 e. The third kappa shape index (κ3) is 4.26. The lowest BCUT2D eigenvalue weighted by Gasteiger charge is -2.49. The number of aryl methyl sites for hydroxylation is 1. The van der Waals surface area contributed by atoms with Crippen LogP contribution in [0.3, 0.4) is 0 Å². The molecule has 8 heteroatoms. The summed E-state index contributed by atoms with van der Waals surface area (Å²) in [5.41, 5.74) is 3.09. The highest BCUT2D eigenvalue weighted by Crippen LogP contribution is 2.47. The number of anilines is 1. The van der Waals surface area contributed by atoms with Gasteiger partial charge in [0.05, 0.1) is 17.0 Å². The molecule has 1 saturated heterocycles. The first-order valence-electron chi connectivity index (χ1n) is 13.1. The molecule has 8 nitrogen and oxygen atoms in total. The van der Waals surface area contributed by atoms with Gasteiger partial charge < -0.3 is 9.74 Å². The minimum Gasteiger partial charge on any atom is -0.361 e. The van der Waals surface area contributed by atoms with Crippen LogP contribution in [0.25, 0.3) is 15.9 Å². The van der Waals surface area contributed by atoms with Crippen LogP contribution >= 0.6 is 0 Å². The summed E-state index contributed by atoms with van der Waals surface area (Å²) in [6.45, 7) is 15.6. The van der Waals surface area contributed by atoms with Gasteiger partial charge in [-0.2, -0.15) is 10.2 Å². The van der Waals surface area contributed by atoms with Crippen LogP contribution in [-0.2, 0) is 12.5 Å². The molecule has 0 N–H and O–H groups in total. The first-order valence-corrected chi connectivity index (χ1v) is 13.1. The van der Waals surface area contributed by atoms with E-state index < -0.39 is 0 Å². The van der Waals surface area contributed by atoms with Crippen LogP contribution in [0.15, 0.2) is 41.2 Å². The zero-order valence-corrected chi connectivity index (χ0v) is 22.0. The van der Waals surface area contributed by atoms with Crippen molar-refractivity contribution in [2.45, 2.75) is 70.0 Å². The highest BCUT2D eigenvalue weighted by Gasteiger charge is 2.45. The van der Waals surface area contributed by atoms with Gasteiger partial charge in [0.2, 0.25) is 5.52 Å². The van der Waals surface area contributed by atoms with E-state index in [9.17, 15) is 10.1 Å². The molecule has 5 rings (SSSR count). The molecular weight excluding hydrogens is 462 g/mol. The fraction of sp³-hybridized carbons (Fsp3) is 0.483. The predicted octanol–water partition coefficient (Wildman–Crippen LogP) is 4.87. The Morgan fingerprint density at radius 3 is 2.41 bits per heavy atom. The van der Waals surface area contributed by atoms with Crippen molar-refractivity contribution >= 4 is 22.7 Å². The highest BCUT2D eigenvalue weighted by molar-refractivity contribution is 5.87. The smallest absolute Gasteiger partial charge is 0.350 e. The molecule has 1 aliphatic heterocycles. The molecule has 37 heavy (non-hydrogen) atoms. The van der Waals surface area contributed by atoms with Crippen molar-refractivity contribution in [2.24, 2.45) is 7.05 Å². The van der Waals surface area contributed by atoms with Crippen LogP contribution in [0.5, 0.6) is 0 Å². The van der Waals surface area contributed by atoms with Gasteiger partial charge in [-0.15, -0.1) is 4.98 Å². The second kappa shape index (κ2) is 9.61. The van der Waals surface area contributed by atoms with Crippen molar-refractivity contribution in [2.75, 3.05) is 18.0 Å². The lowest BCUT2D eigenvalue weighted by atomic mass is 9.93. The Morgan fingerprint density at radius 1 is 1.11 bits per heavy atom. The molecule has 3 aromatic rings. The van der Waals surface area contributed by atoms with Gasteiger partial charge in [-0.25, -0.2) is 4.79 Å². The van der Waals surface area contributed by atoms with E-state index in [-0.39, 0.29) is 29.2 Å². The third-order valence-corrected chi connectivity index (χ3v) is 8.40. The summed E-state index contributed by atoms with van der Waals surface area (Å²) in [7, 11) is 1.69. The maximum atomic E-state index is 12.8. The van der Waals surface area contributed by atoms with Crippen molar-refractivity contribution in [3.8, 4) is 6.07 Å². The predicted molar refractivity (Wildman–Crippen MR) is 145 cm³/mol. The van der Waals surface area contributed by atoms with E-state index in [0.29, 0.717) is 22.7 Å². The summed E-state index contributed by atoms with van der Waals surface area (Å²) in [6.07, 6.45) is 3.75. The van der Waals surface area contributed by atoms with E-state index >= 15 is 0 Å². The van der Waals surface area contributed by atoms with Crippen LogP contribution in [0.1, 0.15) is 63.6 Å². The van der Waals surface area contributed by atoms with E-state index in [1.165, 1.54) is 10.1 Å². The van der Waals surface area contributed by atoms with Gasteiger partial charge in [0.25, 0.3) is 5.82 Å². The van der Waals surface area contributed by atoms with Gasteiger partial charge in [-0.1, -0.05) is 44.7 Å². The summed E-state index contributed by atoms with van der Waals surface area (Å²) in [5, 5.41) is 9.55. The van der Waals surface area contributed by atoms with Gasteiger partial charge >= 0.3 is 5.69 Å². The lowest BCUT2D eigenvalue weighted by molar-refractivity contribution is 0.101. The number of rotatable bonds is 6. The fourth-order valence-electron chi connectivity index (χ4n) is 5.74. The molecule has 1 aliphatic carbocycles. The number of benzene rings is 1. The van der Waals surface area contributed by atoms with Crippen molar-refractivity contribution in [3.63, 3.8) is 0 Å². The Balaban J connectivity index is 1.47. The standard InChI is InChI=1S/C29H33N7O/c1-6-22-17-36(27-26-24(34(5)28(37)33-27)12-13-25(31-4)32-26)23(7-2)16-35(22)19(3)20-8-10-21(11-9-20)29(18-30)14-15-29/h8-13,19,22-23H,6-7,14-17H2,1-3,5H3/t19?,22-,23+/m1/s1. The number of pyridine rings is 1. The number of aromatic nitrogens is 3. The molecule has 2 aromatic heterocycles. The number of nitrogens with zero attached hydrogens (tertiary/aromatic N) is 7. The van der Waals surface area contributed by atoms with Crippen molar-refractivity contribution in [3.05, 3.63) is 69.4 Å². The van der Waals surface area contributed by atoms with E-state index in [4.69, 9.17) is 6.57 Å². The number of fused-ring (bicyclic) bond motifs is 1. The van der Waals surface area contributed by atoms with Crippen LogP contribution in [0.4, 0.5) is 11.6 Å². The quantitative estimate of drug-likeness (QED) is 0.454. The van der Waals surface area contributed by atoms with Gasteiger partial charge in [-0.05, 0) is 55.9 Å². The molecule has 3 heterocycles. The van der Waals surface area contributed by atoms with E-state index in [0.717, 1.165) is 44.3 Å². The molecule has 0 amide bonds. The monoisotopic (exact) mass is 495 g/mol. The number of nitriles is 1. The molecule has 2 fully saturated rings. The van der Waals surface area contributed by atoms with E-state index in [1.807, 2.05) is 0 Å². The van der Waals surface area contributed by atoms with Crippen molar-refractivity contribution in [1.82, 2.24) is 19.4 Å². The Morgan fingerprint density at radius 2 is 1.81 bits per heavy atom. The minimum absolute atomic E-state index is 0.152. The Bertz CT molecular complexity index is 1460. The molecule has 2 aliphatic rings. The molecular formula is C29H33N7O. The molecule has 0 bridgehead atoms. The van der Waals surface area contributed by atoms with Crippen LogP contribution in [-0.4, -0.2) is 44.6 Å². The SMILES string of the molecule is [C-]#[N+]c1ccc2c(n1)c(N1C[C@@H](CC)N(C(C)c3ccc(C4(C#N)CC4)cc3)C[C@@H]1CC)nc(=O)n2C. The summed E-state index contributed by atoms with van der Waals surface area (Å²) in [5.74, 6) is 0.881. The summed E-state index contributed by atoms with van der Waals surface area (Å²) < 4.78 is 1.50. The minimum atomic E-state index is -0.315. The molecule has 1 aromatic carbocycles. The second-order valence-electron chi connectivity index (χ2n) is 10.4. The van der Waals surface area contributed by atoms with Gasteiger partial charge in [0.15, 0.2) is 5.82 Å². The number of hydrogen-bond acceptors (Lipinski definition) is 6. The van der Waals surface area contributed by atoms with Crippen molar-refractivity contribution in [1.29, 1.82) is 5.26 Å². The molecule has 0 radical (unpaired) electrons. The first kappa shape index (κ1) is 24.9. The van der Waals surface area contributed by atoms with Crippen molar-refractivity contribution < 1.29 is 0 Å². The Labute approximate surface area is 218 Å².